The molecular formula is C14H22O4. The Balaban J connectivity index is 2.76. The Morgan fingerprint density at radius 3 is 2.33 bits per heavy atom. The lowest BCUT2D eigenvalue weighted by atomic mass is 9.98. The van der Waals surface area contributed by atoms with E-state index in [1.807, 2.05) is 19.1 Å². The highest BCUT2D eigenvalue weighted by Crippen LogP contribution is 2.31. The van der Waals surface area contributed by atoms with Gasteiger partial charge < -0.3 is 19.3 Å². The van der Waals surface area contributed by atoms with Gasteiger partial charge in [-0.2, -0.15) is 0 Å². The molecule has 0 aromatic heterocycles. The van der Waals surface area contributed by atoms with E-state index in [4.69, 9.17) is 14.2 Å². The van der Waals surface area contributed by atoms with Crippen molar-refractivity contribution in [3.63, 3.8) is 0 Å². The maximum Gasteiger partial charge on any atom is 0.161 e. The molecule has 4 nitrogen and oxygen atoms in total. The van der Waals surface area contributed by atoms with Gasteiger partial charge in [0.05, 0.1) is 20.3 Å². The van der Waals surface area contributed by atoms with E-state index in [9.17, 15) is 5.11 Å². The van der Waals surface area contributed by atoms with Crippen molar-refractivity contribution in [2.75, 3.05) is 27.9 Å². The van der Waals surface area contributed by atoms with Crippen LogP contribution in [0.15, 0.2) is 18.2 Å². The van der Waals surface area contributed by atoms with E-state index in [-0.39, 0.29) is 0 Å². The van der Waals surface area contributed by atoms with Crippen LogP contribution in [0.3, 0.4) is 0 Å². The molecule has 0 saturated heterocycles. The highest BCUT2D eigenvalue weighted by molar-refractivity contribution is 5.43. The van der Waals surface area contributed by atoms with Crippen molar-refractivity contribution in [1.82, 2.24) is 0 Å². The molecule has 0 saturated carbocycles. The molecule has 0 radical (unpaired) electrons. The average molecular weight is 254 g/mol. The van der Waals surface area contributed by atoms with E-state index >= 15 is 0 Å². The maximum absolute atomic E-state index is 10.1. The highest BCUT2D eigenvalue weighted by Gasteiger charge is 2.14. The first-order chi connectivity index (χ1) is 8.62. The van der Waals surface area contributed by atoms with E-state index in [1.54, 1.807) is 27.4 Å². The molecule has 0 aliphatic carbocycles. The fourth-order valence-electron chi connectivity index (χ4n) is 1.93. The first kappa shape index (κ1) is 14.8. The minimum atomic E-state index is -0.519. The predicted molar refractivity (Wildman–Crippen MR) is 70.2 cm³/mol. The minimum absolute atomic E-state index is 0.304. The summed E-state index contributed by atoms with van der Waals surface area (Å²) < 4.78 is 15.4. The summed E-state index contributed by atoms with van der Waals surface area (Å²) in [5.41, 5.74) is 0.829. The first-order valence-corrected chi connectivity index (χ1v) is 6.01. The van der Waals surface area contributed by atoms with Crippen LogP contribution in [0.25, 0.3) is 0 Å². The number of methoxy groups -OCH3 is 3. The van der Waals surface area contributed by atoms with Crippen LogP contribution < -0.4 is 9.47 Å². The topological polar surface area (TPSA) is 47.9 Å². The minimum Gasteiger partial charge on any atom is -0.493 e. The number of aliphatic hydroxyl groups is 1. The Kier molecular flexibility index (Phi) is 5.95. The fraction of sp³-hybridized carbons (Fsp3) is 0.571. The molecule has 0 aliphatic rings. The molecule has 1 aromatic rings. The Morgan fingerprint density at radius 1 is 1.11 bits per heavy atom. The SMILES string of the molecule is COCC(C)CC(O)c1ccc(OC)c(OC)c1. The predicted octanol–water partition coefficient (Wildman–Crippen LogP) is 2.41. The molecule has 102 valence electrons. The number of aliphatic hydroxyl groups excluding tert-OH is 1. The van der Waals surface area contributed by atoms with Crippen LogP contribution in [-0.2, 0) is 4.74 Å². The van der Waals surface area contributed by atoms with Gasteiger partial charge in [0.2, 0.25) is 0 Å². The van der Waals surface area contributed by atoms with E-state index in [2.05, 4.69) is 0 Å². The third kappa shape index (κ3) is 3.89. The second-order valence-corrected chi connectivity index (χ2v) is 4.43. The number of hydrogen-bond acceptors (Lipinski definition) is 4. The van der Waals surface area contributed by atoms with Crippen LogP contribution >= 0.6 is 0 Å². The fourth-order valence-corrected chi connectivity index (χ4v) is 1.93. The lowest BCUT2D eigenvalue weighted by molar-refractivity contribution is 0.102. The molecule has 0 fully saturated rings. The van der Waals surface area contributed by atoms with Crippen LogP contribution in [-0.4, -0.2) is 33.0 Å². The Bertz CT molecular complexity index is 365. The summed E-state index contributed by atoms with van der Waals surface area (Å²) in [7, 11) is 4.84. The molecule has 2 unspecified atom stereocenters. The van der Waals surface area contributed by atoms with Gasteiger partial charge in [0.1, 0.15) is 0 Å². The molecule has 0 bridgehead atoms. The standard InChI is InChI=1S/C14H22O4/c1-10(9-16-2)7-12(15)11-5-6-13(17-3)14(8-11)18-4/h5-6,8,10,12,15H,7,9H2,1-4H3. The van der Waals surface area contributed by atoms with Gasteiger partial charge in [-0.15, -0.1) is 0 Å². The second kappa shape index (κ2) is 7.24. The molecule has 0 amide bonds. The van der Waals surface area contributed by atoms with Gasteiger partial charge in [-0.05, 0) is 30.0 Å². The van der Waals surface area contributed by atoms with E-state index in [1.165, 1.54) is 0 Å². The molecule has 1 aromatic carbocycles. The summed E-state index contributed by atoms with van der Waals surface area (Å²) in [5, 5.41) is 10.1. The van der Waals surface area contributed by atoms with Crippen molar-refractivity contribution in [2.45, 2.75) is 19.4 Å². The van der Waals surface area contributed by atoms with Crippen LogP contribution in [0.2, 0.25) is 0 Å². The summed E-state index contributed by atoms with van der Waals surface area (Å²) in [6, 6.07) is 5.47. The lowest BCUT2D eigenvalue weighted by Gasteiger charge is -2.17. The van der Waals surface area contributed by atoms with E-state index in [0.29, 0.717) is 30.4 Å². The zero-order chi connectivity index (χ0) is 13.5. The van der Waals surface area contributed by atoms with Gasteiger partial charge in [0.15, 0.2) is 11.5 Å². The van der Waals surface area contributed by atoms with Crippen LogP contribution in [0.5, 0.6) is 11.5 Å². The Hall–Kier alpha value is -1.26. The number of hydrogen-bond donors (Lipinski definition) is 1. The van der Waals surface area contributed by atoms with Gasteiger partial charge in [0, 0.05) is 13.7 Å². The largest absolute Gasteiger partial charge is 0.493 e. The van der Waals surface area contributed by atoms with Gasteiger partial charge in [0.25, 0.3) is 0 Å². The van der Waals surface area contributed by atoms with Crippen molar-refractivity contribution < 1.29 is 19.3 Å². The lowest BCUT2D eigenvalue weighted by Crippen LogP contribution is -2.09. The summed E-state index contributed by atoms with van der Waals surface area (Å²) >= 11 is 0. The summed E-state index contributed by atoms with van der Waals surface area (Å²) in [6.45, 7) is 2.69. The summed E-state index contributed by atoms with van der Waals surface area (Å²) in [6.07, 6.45) is 0.138. The zero-order valence-corrected chi connectivity index (χ0v) is 11.5. The molecular weight excluding hydrogens is 232 g/mol. The number of benzene rings is 1. The Morgan fingerprint density at radius 2 is 1.78 bits per heavy atom. The Labute approximate surface area is 108 Å². The third-order valence-corrected chi connectivity index (χ3v) is 2.87. The van der Waals surface area contributed by atoms with Gasteiger partial charge in [-0.1, -0.05) is 13.0 Å². The highest BCUT2D eigenvalue weighted by atomic mass is 16.5. The summed E-state index contributed by atoms with van der Waals surface area (Å²) in [4.78, 5) is 0. The molecule has 0 aliphatic heterocycles. The monoisotopic (exact) mass is 254 g/mol. The number of rotatable bonds is 7. The molecule has 1 N–H and O–H groups in total. The smallest absolute Gasteiger partial charge is 0.161 e. The van der Waals surface area contributed by atoms with Crippen molar-refractivity contribution >= 4 is 0 Å². The van der Waals surface area contributed by atoms with Crippen LogP contribution in [0.4, 0.5) is 0 Å². The van der Waals surface area contributed by atoms with E-state index < -0.39 is 6.10 Å². The molecule has 2 atom stereocenters. The van der Waals surface area contributed by atoms with Gasteiger partial charge in [-0.3, -0.25) is 0 Å². The molecule has 1 rings (SSSR count). The van der Waals surface area contributed by atoms with Crippen molar-refractivity contribution in [3.8, 4) is 11.5 Å². The normalized spacial score (nSPS) is 14.1. The van der Waals surface area contributed by atoms with Gasteiger partial charge >= 0.3 is 0 Å². The number of ether oxygens (including phenoxy) is 3. The average Bonchev–Trinajstić information content (AvgIpc) is 2.38. The van der Waals surface area contributed by atoms with E-state index in [0.717, 1.165) is 5.56 Å². The molecule has 0 spiro atoms. The zero-order valence-electron chi connectivity index (χ0n) is 11.5. The maximum atomic E-state index is 10.1. The van der Waals surface area contributed by atoms with Crippen molar-refractivity contribution in [3.05, 3.63) is 23.8 Å². The van der Waals surface area contributed by atoms with Crippen molar-refractivity contribution in [1.29, 1.82) is 0 Å². The van der Waals surface area contributed by atoms with Gasteiger partial charge in [-0.25, -0.2) is 0 Å². The van der Waals surface area contributed by atoms with Crippen LogP contribution in [0.1, 0.15) is 25.0 Å². The second-order valence-electron chi connectivity index (χ2n) is 4.43. The van der Waals surface area contributed by atoms with Crippen LogP contribution in [0, 0.1) is 5.92 Å². The van der Waals surface area contributed by atoms with Crippen molar-refractivity contribution in [2.24, 2.45) is 5.92 Å². The quantitative estimate of drug-likeness (QED) is 0.811. The first-order valence-electron chi connectivity index (χ1n) is 6.01. The molecule has 0 heterocycles. The molecule has 18 heavy (non-hydrogen) atoms. The third-order valence-electron chi connectivity index (χ3n) is 2.87. The molecule has 4 heteroatoms. The summed E-state index contributed by atoms with van der Waals surface area (Å²) in [5.74, 6) is 1.60.